The monoisotopic (exact) mass is 236 g/mol. The third-order valence-electron chi connectivity index (χ3n) is 2.88. The van der Waals surface area contributed by atoms with E-state index in [1.165, 1.54) is 0 Å². The van der Waals surface area contributed by atoms with E-state index in [2.05, 4.69) is 26.3 Å². The van der Waals surface area contributed by atoms with E-state index in [1.807, 2.05) is 37.5 Å². The highest BCUT2D eigenvalue weighted by Crippen LogP contribution is 2.27. The topological polar surface area (TPSA) is 50.7 Å². The SMILES string of the molecule is CNc1cc(-c2cccc3ccncc23)ncn1. The number of nitrogens with one attached hydrogen (secondary N) is 1. The Kier molecular flexibility index (Phi) is 2.61. The van der Waals surface area contributed by atoms with Crippen LogP contribution in [0.25, 0.3) is 22.0 Å². The van der Waals surface area contributed by atoms with Crippen LogP contribution in [0.15, 0.2) is 49.1 Å². The third kappa shape index (κ3) is 1.78. The molecule has 2 heterocycles. The summed E-state index contributed by atoms with van der Waals surface area (Å²) < 4.78 is 0. The van der Waals surface area contributed by atoms with Gasteiger partial charge in [0.05, 0.1) is 5.69 Å². The highest BCUT2D eigenvalue weighted by molar-refractivity contribution is 5.95. The molecule has 0 saturated carbocycles. The first-order chi connectivity index (χ1) is 8.88. The molecule has 4 nitrogen and oxygen atoms in total. The van der Waals surface area contributed by atoms with Gasteiger partial charge in [-0.15, -0.1) is 0 Å². The lowest BCUT2D eigenvalue weighted by Gasteiger charge is -2.06. The molecular weight excluding hydrogens is 224 g/mol. The lowest BCUT2D eigenvalue weighted by molar-refractivity contribution is 1.16. The summed E-state index contributed by atoms with van der Waals surface area (Å²) >= 11 is 0. The van der Waals surface area contributed by atoms with Crippen molar-refractivity contribution in [1.82, 2.24) is 15.0 Å². The molecule has 0 aliphatic heterocycles. The summed E-state index contributed by atoms with van der Waals surface area (Å²) in [5, 5.41) is 5.28. The first-order valence-electron chi connectivity index (χ1n) is 5.71. The van der Waals surface area contributed by atoms with Crippen molar-refractivity contribution in [2.75, 3.05) is 12.4 Å². The van der Waals surface area contributed by atoms with E-state index in [4.69, 9.17) is 0 Å². The largest absolute Gasteiger partial charge is 0.373 e. The Hall–Kier alpha value is -2.49. The first-order valence-corrected chi connectivity index (χ1v) is 5.71. The van der Waals surface area contributed by atoms with Gasteiger partial charge in [0.1, 0.15) is 12.1 Å². The van der Waals surface area contributed by atoms with Crippen LogP contribution in [-0.2, 0) is 0 Å². The number of anilines is 1. The van der Waals surface area contributed by atoms with E-state index < -0.39 is 0 Å². The Morgan fingerprint density at radius 3 is 2.94 bits per heavy atom. The van der Waals surface area contributed by atoms with E-state index in [9.17, 15) is 0 Å². The average molecular weight is 236 g/mol. The van der Waals surface area contributed by atoms with Gasteiger partial charge in [-0.2, -0.15) is 0 Å². The van der Waals surface area contributed by atoms with E-state index in [0.29, 0.717) is 0 Å². The fraction of sp³-hybridized carbons (Fsp3) is 0.0714. The Morgan fingerprint density at radius 1 is 1.11 bits per heavy atom. The molecule has 0 aliphatic rings. The maximum absolute atomic E-state index is 4.33. The maximum atomic E-state index is 4.33. The number of benzene rings is 1. The van der Waals surface area contributed by atoms with Crippen LogP contribution < -0.4 is 5.32 Å². The highest BCUT2D eigenvalue weighted by atomic mass is 15.0. The summed E-state index contributed by atoms with van der Waals surface area (Å²) in [5.41, 5.74) is 1.97. The first kappa shape index (κ1) is 10.7. The predicted octanol–water partition coefficient (Wildman–Crippen LogP) is 2.73. The van der Waals surface area contributed by atoms with Crippen molar-refractivity contribution in [3.63, 3.8) is 0 Å². The Balaban J connectivity index is 2.24. The smallest absolute Gasteiger partial charge is 0.129 e. The maximum Gasteiger partial charge on any atom is 0.129 e. The molecule has 0 fully saturated rings. The molecule has 2 aromatic heterocycles. The highest BCUT2D eigenvalue weighted by Gasteiger charge is 2.05. The van der Waals surface area contributed by atoms with Crippen molar-refractivity contribution in [2.45, 2.75) is 0 Å². The van der Waals surface area contributed by atoms with Crippen LogP contribution in [0, 0.1) is 0 Å². The van der Waals surface area contributed by atoms with E-state index in [1.54, 1.807) is 12.5 Å². The molecule has 0 aliphatic carbocycles. The Labute approximate surface area is 105 Å². The molecule has 3 aromatic rings. The second-order valence-electron chi connectivity index (χ2n) is 3.94. The van der Waals surface area contributed by atoms with Gasteiger partial charge in [-0.05, 0) is 11.5 Å². The molecule has 0 radical (unpaired) electrons. The third-order valence-corrected chi connectivity index (χ3v) is 2.88. The van der Waals surface area contributed by atoms with Crippen molar-refractivity contribution < 1.29 is 0 Å². The lowest BCUT2D eigenvalue weighted by atomic mass is 10.0. The number of hydrogen-bond acceptors (Lipinski definition) is 4. The molecule has 0 atom stereocenters. The summed E-state index contributed by atoms with van der Waals surface area (Å²) in [6.45, 7) is 0. The Bertz CT molecular complexity index is 689. The molecule has 0 saturated heterocycles. The molecule has 0 unspecified atom stereocenters. The van der Waals surface area contributed by atoms with Crippen LogP contribution in [0.4, 0.5) is 5.82 Å². The standard InChI is InChI=1S/C14H12N4/c1-15-14-7-13(17-9-18-14)11-4-2-3-10-5-6-16-8-12(10)11/h2-9H,1H3,(H,15,17,18). The molecule has 1 aromatic carbocycles. The number of hydrogen-bond donors (Lipinski definition) is 1. The van der Waals surface area contributed by atoms with Gasteiger partial charge in [-0.3, -0.25) is 4.98 Å². The number of nitrogens with zero attached hydrogens (tertiary/aromatic N) is 3. The van der Waals surface area contributed by atoms with Crippen molar-refractivity contribution in [3.05, 3.63) is 49.1 Å². The fourth-order valence-corrected chi connectivity index (χ4v) is 1.98. The normalized spacial score (nSPS) is 10.5. The molecule has 3 rings (SSSR count). The molecule has 0 bridgehead atoms. The van der Waals surface area contributed by atoms with E-state index in [0.717, 1.165) is 27.8 Å². The summed E-state index contributed by atoms with van der Waals surface area (Å²) in [5.74, 6) is 0.806. The minimum Gasteiger partial charge on any atom is -0.373 e. The molecule has 88 valence electrons. The van der Waals surface area contributed by atoms with Gasteiger partial charge in [-0.25, -0.2) is 9.97 Å². The minimum absolute atomic E-state index is 0.806. The Morgan fingerprint density at radius 2 is 2.06 bits per heavy atom. The number of aromatic nitrogens is 3. The van der Waals surface area contributed by atoms with Gasteiger partial charge in [-0.1, -0.05) is 18.2 Å². The fourth-order valence-electron chi connectivity index (χ4n) is 1.98. The van der Waals surface area contributed by atoms with E-state index >= 15 is 0 Å². The molecule has 4 heteroatoms. The molecule has 18 heavy (non-hydrogen) atoms. The zero-order valence-corrected chi connectivity index (χ0v) is 9.96. The van der Waals surface area contributed by atoms with Gasteiger partial charge in [0.15, 0.2) is 0 Å². The van der Waals surface area contributed by atoms with Crippen molar-refractivity contribution in [1.29, 1.82) is 0 Å². The molecule has 0 spiro atoms. The number of rotatable bonds is 2. The summed E-state index contributed by atoms with van der Waals surface area (Å²) in [6.07, 6.45) is 5.23. The quantitative estimate of drug-likeness (QED) is 0.743. The summed E-state index contributed by atoms with van der Waals surface area (Å²) in [4.78, 5) is 12.6. The second kappa shape index (κ2) is 4.41. The van der Waals surface area contributed by atoms with Gasteiger partial charge in [0, 0.05) is 36.5 Å². The van der Waals surface area contributed by atoms with Crippen LogP contribution in [-0.4, -0.2) is 22.0 Å². The summed E-state index contributed by atoms with van der Waals surface area (Å²) in [7, 11) is 1.84. The molecular formula is C14H12N4. The van der Waals surface area contributed by atoms with Crippen molar-refractivity contribution >= 4 is 16.6 Å². The summed E-state index contributed by atoms with van der Waals surface area (Å²) in [6, 6.07) is 10.1. The van der Waals surface area contributed by atoms with E-state index in [-0.39, 0.29) is 0 Å². The van der Waals surface area contributed by atoms with Crippen molar-refractivity contribution in [2.24, 2.45) is 0 Å². The average Bonchev–Trinajstić information content (AvgIpc) is 2.47. The molecule has 1 N–H and O–H groups in total. The van der Waals surface area contributed by atoms with Gasteiger partial charge >= 0.3 is 0 Å². The number of fused-ring (bicyclic) bond motifs is 1. The van der Waals surface area contributed by atoms with Gasteiger partial charge in [0.2, 0.25) is 0 Å². The lowest BCUT2D eigenvalue weighted by Crippen LogP contribution is -1.94. The minimum atomic E-state index is 0.806. The van der Waals surface area contributed by atoms with Crippen LogP contribution in [0.1, 0.15) is 0 Å². The van der Waals surface area contributed by atoms with Crippen LogP contribution >= 0.6 is 0 Å². The number of pyridine rings is 1. The predicted molar refractivity (Wildman–Crippen MR) is 72.3 cm³/mol. The zero-order valence-electron chi connectivity index (χ0n) is 9.96. The van der Waals surface area contributed by atoms with Crippen LogP contribution in [0.2, 0.25) is 0 Å². The van der Waals surface area contributed by atoms with Gasteiger partial charge in [0.25, 0.3) is 0 Å². The van der Waals surface area contributed by atoms with Crippen LogP contribution in [0.5, 0.6) is 0 Å². The van der Waals surface area contributed by atoms with Gasteiger partial charge < -0.3 is 5.32 Å². The van der Waals surface area contributed by atoms with Crippen LogP contribution in [0.3, 0.4) is 0 Å². The van der Waals surface area contributed by atoms with Crippen molar-refractivity contribution in [3.8, 4) is 11.3 Å². The zero-order chi connectivity index (χ0) is 12.4. The molecule has 0 amide bonds. The second-order valence-corrected chi connectivity index (χ2v) is 3.94.